The molecule has 626 valence electrons. The van der Waals surface area contributed by atoms with E-state index in [1.807, 2.05) is 0 Å². The van der Waals surface area contributed by atoms with E-state index in [2.05, 4.69) is 87.1 Å². The first kappa shape index (κ1) is 103. The van der Waals surface area contributed by atoms with Crippen molar-refractivity contribution in [3.63, 3.8) is 0 Å². The number of nitrogens with one attached hydrogen (secondary N) is 4. The average Bonchev–Trinajstić information content (AvgIpc) is 0.919. The molecule has 0 aromatic heterocycles. The molecule has 0 radical (unpaired) electrons. The molecule has 7 atom stereocenters. The lowest BCUT2D eigenvalue weighted by molar-refractivity contribution is -0.227. The number of ether oxygens (including phenoxy) is 4. The van der Waals surface area contributed by atoms with Crippen LogP contribution >= 0.6 is 15.6 Å². The van der Waals surface area contributed by atoms with Gasteiger partial charge in [0.15, 0.2) is 0 Å². The Balaban J connectivity index is 5.54. The molecule has 5 N–H and O–H groups in total. The highest BCUT2D eigenvalue weighted by Gasteiger charge is 2.24. The summed E-state index contributed by atoms with van der Waals surface area (Å²) < 4.78 is 70.0. The maximum Gasteiger partial charge on any atom is 0.306 e. The number of esters is 2. The lowest BCUT2D eigenvalue weighted by Gasteiger charge is -2.27. The number of unbranched alkanes of at least 4 members (excludes halogenated alkanes) is 30. The minimum atomic E-state index is -5.07. The molecule has 24 nitrogen and oxygen atoms in total. The summed E-state index contributed by atoms with van der Waals surface area (Å²) in [4.78, 5) is 116. The second-order valence-corrected chi connectivity index (χ2v) is 31.5. The van der Waals surface area contributed by atoms with Crippen molar-refractivity contribution < 1.29 is 94.6 Å². The molecule has 0 aromatic rings. The van der Waals surface area contributed by atoms with Crippen LogP contribution in [0.5, 0.6) is 0 Å². The standard InChI is InChI=1S/C81H152N4O20P2/c1-7-13-19-23-27-31-35-39-45-49-72(86)63-78(90)84-70(66-98-59-55-74(51-43-17-11-5)104-80(92)53-47-41-37-33-29-25-21-15-9-3)68-102-106(94,95)100-61-57-82-76(88)65-77(89)83-58-62-101-107(96,97)103-69-71(85-79(91)64-73(87)50-46-40-36-32-28-24-20-14-8-2)67-99-60-56-75(52-44-18-12-6)105-81(93)54-48-42-38-34-30-26-22-16-10-4/h33-34,37-38,70-71,74-75,78,84,90H,7-32,35-36,39-69H2,1-6H3,(H,82,88)(H,83,89)(H,85,91)(H,94,95)(H,96,97)/p-2/b37-33-,38-34-. The SMILES string of the molecule is CCCCCC/C=C\CCCC(=O)OC(CCCCC)CCOCC(COP(=O)([O-])OCCNC(=O)CC(=O)NCCOP(=O)([O-])OCC(COCCC(CCCCC)OC(=O)CCC/C=C\CCCCCC)NC(O)CC(=O)CCCCCCCCCCC)NC(=O)CC(=O)CCCCCCCCCCC. The zero-order valence-corrected chi connectivity index (χ0v) is 69.3. The second-order valence-electron chi connectivity index (χ2n) is 28.7. The van der Waals surface area contributed by atoms with Gasteiger partial charge in [0.1, 0.15) is 36.4 Å². The first-order chi connectivity index (χ1) is 51.7. The van der Waals surface area contributed by atoms with Crippen LogP contribution in [0.15, 0.2) is 24.3 Å². The molecule has 0 heterocycles. The Morgan fingerprint density at radius 2 is 0.729 bits per heavy atom. The molecule has 26 heteroatoms. The first-order valence-electron chi connectivity index (χ1n) is 42.1. The van der Waals surface area contributed by atoms with E-state index in [0.29, 0.717) is 64.2 Å². The van der Waals surface area contributed by atoms with E-state index in [9.17, 15) is 57.6 Å². The normalized spacial score (nSPS) is 14.3. The number of phosphoric ester groups is 2. The lowest BCUT2D eigenvalue weighted by atomic mass is 10.0. The van der Waals surface area contributed by atoms with Gasteiger partial charge in [0, 0.05) is 58.0 Å². The molecule has 7 unspecified atom stereocenters. The summed E-state index contributed by atoms with van der Waals surface area (Å²) in [7, 11) is -10.1. The third-order valence-electron chi connectivity index (χ3n) is 18.2. The van der Waals surface area contributed by atoms with Gasteiger partial charge in [-0.3, -0.25) is 48.0 Å². The number of allylic oxidation sites excluding steroid dienone is 4. The highest BCUT2D eigenvalue weighted by molar-refractivity contribution is 7.46. The van der Waals surface area contributed by atoms with Gasteiger partial charge < -0.3 is 67.9 Å². The van der Waals surface area contributed by atoms with E-state index in [1.54, 1.807) is 0 Å². The molecule has 0 saturated carbocycles. The Morgan fingerprint density at radius 1 is 0.374 bits per heavy atom. The molecule has 0 aliphatic rings. The van der Waals surface area contributed by atoms with Crippen LogP contribution in [0.25, 0.3) is 0 Å². The minimum Gasteiger partial charge on any atom is -0.756 e. The summed E-state index contributed by atoms with van der Waals surface area (Å²) in [6, 6.07) is -1.98. The van der Waals surface area contributed by atoms with Crippen LogP contribution in [0, 0.1) is 0 Å². The molecule has 0 aromatic carbocycles. The van der Waals surface area contributed by atoms with Crippen LogP contribution < -0.4 is 31.1 Å². The number of carbonyl (C=O) groups is 7. The van der Waals surface area contributed by atoms with Gasteiger partial charge in [-0.05, 0) is 89.9 Å². The molecular weight excluding hydrogens is 1410 g/mol. The molecule has 0 fully saturated rings. The van der Waals surface area contributed by atoms with Crippen LogP contribution in [0.3, 0.4) is 0 Å². The number of Topliss-reactive ketones (excluding diaryl/α,β-unsaturated/α-hetero) is 2. The van der Waals surface area contributed by atoms with Gasteiger partial charge in [0.05, 0.1) is 71.4 Å². The van der Waals surface area contributed by atoms with Crippen LogP contribution in [0.4, 0.5) is 0 Å². The highest BCUT2D eigenvalue weighted by Crippen LogP contribution is 2.39. The van der Waals surface area contributed by atoms with Gasteiger partial charge in [-0.2, -0.15) is 0 Å². The zero-order chi connectivity index (χ0) is 79.0. The van der Waals surface area contributed by atoms with Gasteiger partial charge in [-0.15, -0.1) is 0 Å². The Morgan fingerprint density at radius 3 is 1.15 bits per heavy atom. The molecule has 0 aliphatic carbocycles. The number of hydrogen-bond donors (Lipinski definition) is 5. The Kier molecular flexibility index (Phi) is 71.1. The summed E-state index contributed by atoms with van der Waals surface area (Å²) in [6.45, 7) is 9.71. The topological polar surface area (TPSA) is 342 Å². The predicted molar refractivity (Wildman–Crippen MR) is 420 cm³/mol. The predicted octanol–water partition coefficient (Wildman–Crippen LogP) is 16.3. The van der Waals surface area contributed by atoms with Crippen molar-refractivity contribution in [1.82, 2.24) is 21.3 Å². The van der Waals surface area contributed by atoms with Crippen LogP contribution in [0.1, 0.15) is 356 Å². The smallest absolute Gasteiger partial charge is 0.306 e. The number of rotatable bonds is 81. The summed E-state index contributed by atoms with van der Waals surface area (Å²) >= 11 is 0. The van der Waals surface area contributed by atoms with Gasteiger partial charge in [-0.25, -0.2) is 0 Å². The molecule has 0 aliphatic heterocycles. The van der Waals surface area contributed by atoms with Crippen LogP contribution in [-0.4, -0.2) is 143 Å². The van der Waals surface area contributed by atoms with E-state index < -0.39 is 103 Å². The second kappa shape index (κ2) is 73.7. The van der Waals surface area contributed by atoms with Crippen molar-refractivity contribution in [3.8, 4) is 0 Å². The Hall–Kier alpha value is -3.77. The molecule has 0 spiro atoms. The maximum absolute atomic E-state index is 13.2. The van der Waals surface area contributed by atoms with Crippen molar-refractivity contribution in [3.05, 3.63) is 24.3 Å². The minimum absolute atomic E-state index is 0.111. The number of hydrogen-bond acceptors (Lipinski definition) is 21. The van der Waals surface area contributed by atoms with Crippen molar-refractivity contribution >= 4 is 56.9 Å². The zero-order valence-electron chi connectivity index (χ0n) is 67.5. The molecule has 3 amide bonds. The Bertz CT molecular complexity index is 2370. The highest BCUT2D eigenvalue weighted by atomic mass is 31.2. The van der Waals surface area contributed by atoms with Crippen LogP contribution in [0.2, 0.25) is 0 Å². The van der Waals surface area contributed by atoms with E-state index in [0.717, 1.165) is 122 Å². The van der Waals surface area contributed by atoms with Crippen molar-refractivity contribution in [2.45, 2.75) is 387 Å². The fraction of sp³-hybridized carbons (Fsp3) is 0.864. The summed E-state index contributed by atoms with van der Waals surface area (Å²) in [6.07, 6.45) is 47.8. The largest absolute Gasteiger partial charge is 0.756 e. The summed E-state index contributed by atoms with van der Waals surface area (Å²) in [5, 5.41) is 21.2. The molecular formula is C81H150N4O20P2-2. The van der Waals surface area contributed by atoms with Gasteiger partial charge in [0.25, 0.3) is 15.6 Å². The monoisotopic (exact) mass is 1560 g/mol. The number of aliphatic hydroxyl groups excluding tert-OH is 1. The molecule has 0 saturated heterocycles. The third kappa shape index (κ3) is 71.0. The molecule has 0 bridgehead atoms. The maximum atomic E-state index is 13.2. The number of aliphatic hydroxyl groups is 1. The number of ketones is 2. The van der Waals surface area contributed by atoms with Gasteiger partial charge in [-0.1, -0.05) is 233 Å². The number of phosphoric acid groups is 2. The third-order valence-corrected chi connectivity index (χ3v) is 20.1. The molecule has 107 heavy (non-hydrogen) atoms. The Labute approximate surface area is 646 Å². The summed E-state index contributed by atoms with van der Waals surface area (Å²) in [5.74, 6) is -3.24. The van der Waals surface area contributed by atoms with Crippen molar-refractivity contribution in [2.24, 2.45) is 0 Å². The van der Waals surface area contributed by atoms with Gasteiger partial charge in [0.2, 0.25) is 17.7 Å². The fourth-order valence-corrected chi connectivity index (χ4v) is 13.4. The molecule has 0 rings (SSSR count). The van der Waals surface area contributed by atoms with E-state index in [4.69, 9.17) is 37.0 Å². The van der Waals surface area contributed by atoms with Crippen LogP contribution in [-0.2, 0) is 79.7 Å². The first-order valence-corrected chi connectivity index (χ1v) is 45.0. The van der Waals surface area contributed by atoms with E-state index in [1.165, 1.54) is 96.3 Å². The van der Waals surface area contributed by atoms with Crippen molar-refractivity contribution in [1.29, 1.82) is 0 Å². The summed E-state index contributed by atoms with van der Waals surface area (Å²) in [5.41, 5.74) is 0. The van der Waals surface area contributed by atoms with Gasteiger partial charge >= 0.3 is 11.9 Å². The van der Waals surface area contributed by atoms with E-state index in [-0.39, 0.29) is 82.3 Å². The number of amides is 3. The number of carbonyl (C=O) groups excluding carboxylic acids is 7. The van der Waals surface area contributed by atoms with Crippen molar-refractivity contribution in [2.75, 3.05) is 65.9 Å². The average molecular weight is 1560 g/mol. The quantitative estimate of drug-likeness (QED) is 0.00943. The fourth-order valence-electron chi connectivity index (χ4n) is 11.9. The lowest BCUT2D eigenvalue weighted by Crippen LogP contribution is -2.45. The van der Waals surface area contributed by atoms with E-state index >= 15 is 0 Å².